The van der Waals surface area contributed by atoms with E-state index in [4.69, 9.17) is 16.7 Å². The number of fused-ring (bicyclic) bond motifs is 1. The number of amides is 1. The Bertz CT molecular complexity index is 702. The Hall–Kier alpha value is -2.14. The molecule has 0 radical (unpaired) electrons. The molecule has 2 rings (SSSR count). The first-order chi connectivity index (χ1) is 9.90. The summed E-state index contributed by atoms with van der Waals surface area (Å²) in [4.78, 5) is 27.1. The van der Waals surface area contributed by atoms with Gasteiger partial charge in [0.2, 0.25) is 0 Å². The third-order valence-corrected chi connectivity index (χ3v) is 3.71. The summed E-state index contributed by atoms with van der Waals surface area (Å²) in [6, 6.07) is 8.46. The molecule has 0 fully saturated rings. The lowest BCUT2D eigenvalue weighted by molar-refractivity contribution is -0.141. The van der Waals surface area contributed by atoms with Gasteiger partial charge in [-0.15, -0.1) is 0 Å². The second-order valence-corrected chi connectivity index (χ2v) is 5.27. The zero-order valence-corrected chi connectivity index (χ0v) is 12.4. The molecule has 110 valence electrons. The number of carbonyl (C=O) groups is 2. The lowest BCUT2D eigenvalue weighted by atomic mass is 10.0. The van der Waals surface area contributed by atoms with E-state index < -0.39 is 23.8 Å². The van der Waals surface area contributed by atoms with Crippen LogP contribution in [-0.4, -0.2) is 28.0 Å². The second kappa shape index (κ2) is 6.10. The molecule has 2 unspecified atom stereocenters. The van der Waals surface area contributed by atoms with Crippen LogP contribution in [0, 0.1) is 5.92 Å². The molecule has 21 heavy (non-hydrogen) atoms. The summed E-state index contributed by atoms with van der Waals surface area (Å²) < 4.78 is 0. The molecule has 5 nitrogen and oxygen atoms in total. The van der Waals surface area contributed by atoms with Gasteiger partial charge in [0.05, 0.1) is 5.92 Å². The van der Waals surface area contributed by atoms with Crippen LogP contribution in [0.2, 0.25) is 5.15 Å². The van der Waals surface area contributed by atoms with Crippen LogP contribution < -0.4 is 5.32 Å². The van der Waals surface area contributed by atoms with Gasteiger partial charge in [0.25, 0.3) is 5.91 Å². The van der Waals surface area contributed by atoms with Crippen molar-refractivity contribution in [2.24, 2.45) is 5.92 Å². The Kier molecular flexibility index (Phi) is 4.43. The Labute approximate surface area is 126 Å². The number of carbonyl (C=O) groups excluding carboxylic acids is 1. The molecular weight excluding hydrogens is 292 g/mol. The fourth-order valence-corrected chi connectivity index (χ4v) is 2.16. The predicted octanol–water partition coefficient (Wildman–Crippen LogP) is 2.73. The highest BCUT2D eigenvalue weighted by Gasteiger charge is 2.22. The lowest BCUT2D eigenvalue weighted by Gasteiger charge is -2.17. The van der Waals surface area contributed by atoms with Crippen molar-refractivity contribution < 1.29 is 14.7 Å². The molecule has 0 spiro atoms. The van der Waals surface area contributed by atoms with Crippen LogP contribution in [-0.2, 0) is 4.79 Å². The molecule has 6 heteroatoms. The van der Waals surface area contributed by atoms with Gasteiger partial charge in [0.15, 0.2) is 0 Å². The molecule has 2 aromatic rings. The van der Waals surface area contributed by atoms with Crippen molar-refractivity contribution in [3.63, 3.8) is 0 Å². The number of carboxylic acids is 1. The van der Waals surface area contributed by atoms with Crippen molar-refractivity contribution in [1.82, 2.24) is 10.3 Å². The predicted molar refractivity (Wildman–Crippen MR) is 80.5 cm³/mol. The molecule has 0 aliphatic heterocycles. The fourth-order valence-electron chi connectivity index (χ4n) is 1.89. The molecule has 1 aromatic carbocycles. The highest BCUT2D eigenvalue weighted by Crippen LogP contribution is 2.22. The van der Waals surface area contributed by atoms with Gasteiger partial charge in [-0.1, -0.05) is 35.9 Å². The van der Waals surface area contributed by atoms with Crippen LogP contribution in [0.5, 0.6) is 0 Å². The third kappa shape index (κ3) is 3.31. The zero-order valence-electron chi connectivity index (χ0n) is 11.6. The average molecular weight is 307 g/mol. The summed E-state index contributed by atoms with van der Waals surface area (Å²) in [7, 11) is 0. The quantitative estimate of drug-likeness (QED) is 0.851. The number of nitrogens with zero attached hydrogens (tertiary/aromatic N) is 1. The van der Waals surface area contributed by atoms with E-state index in [0.29, 0.717) is 0 Å². The minimum atomic E-state index is -0.965. The largest absolute Gasteiger partial charge is 0.481 e. The fraction of sp³-hybridized carbons (Fsp3) is 0.267. The molecule has 0 saturated heterocycles. The molecule has 0 aliphatic rings. The first-order valence-electron chi connectivity index (χ1n) is 6.49. The summed E-state index contributed by atoms with van der Waals surface area (Å²) in [5.41, 5.74) is 0.170. The summed E-state index contributed by atoms with van der Waals surface area (Å²) in [5, 5.41) is 13.4. The minimum Gasteiger partial charge on any atom is -0.481 e. The monoisotopic (exact) mass is 306 g/mol. The maximum atomic E-state index is 12.2. The molecule has 0 aliphatic carbocycles. The lowest BCUT2D eigenvalue weighted by Crippen LogP contribution is -2.40. The molecule has 0 saturated carbocycles. The number of benzene rings is 1. The number of nitrogens with one attached hydrogen (secondary N) is 1. The topological polar surface area (TPSA) is 79.3 Å². The van der Waals surface area contributed by atoms with E-state index in [1.807, 2.05) is 24.3 Å². The molecule has 1 heterocycles. The van der Waals surface area contributed by atoms with Gasteiger partial charge in [0.1, 0.15) is 10.8 Å². The minimum absolute atomic E-state index is 0.170. The average Bonchev–Trinajstić information content (AvgIpc) is 2.46. The summed E-state index contributed by atoms with van der Waals surface area (Å²) in [6.45, 7) is 3.17. The van der Waals surface area contributed by atoms with Crippen LogP contribution in [0.4, 0.5) is 0 Å². The maximum absolute atomic E-state index is 12.2. The summed E-state index contributed by atoms with van der Waals surface area (Å²) in [6.07, 6.45) is 0. The van der Waals surface area contributed by atoms with E-state index >= 15 is 0 Å². The van der Waals surface area contributed by atoms with Crippen molar-refractivity contribution >= 4 is 34.2 Å². The molecule has 1 aromatic heterocycles. The second-order valence-electron chi connectivity index (χ2n) is 4.91. The van der Waals surface area contributed by atoms with Gasteiger partial charge in [-0.25, -0.2) is 4.98 Å². The SMILES string of the molecule is CC(NC(=O)c1cc2ccccc2c(Cl)n1)C(C)C(=O)O. The maximum Gasteiger partial charge on any atom is 0.308 e. The number of pyridine rings is 1. The number of hydrogen-bond acceptors (Lipinski definition) is 3. The first-order valence-corrected chi connectivity index (χ1v) is 6.87. The molecule has 2 N–H and O–H groups in total. The van der Waals surface area contributed by atoms with E-state index in [1.165, 1.54) is 6.92 Å². The van der Waals surface area contributed by atoms with Crippen molar-refractivity contribution in [3.8, 4) is 0 Å². The van der Waals surface area contributed by atoms with Crippen LogP contribution in [0.1, 0.15) is 24.3 Å². The van der Waals surface area contributed by atoms with Gasteiger partial charge in [0, 0.05) is 11.4 Å². The van der Waals surface area contributed by atoms with Gasteiger partial charge in [-0.3, -0.25) is 9.59 Å². The van der Waals surface area contributed by atoms with Crippen LogP contribution >= 0.6 is 11.6 Å². The number of rotatable bonds is 4. The van der Waals surface area contributed by atoms with Crippen LogP contribution in [0.3, 0.4) is 0 Å². The molecular formula is C15H15ClN2O3. The Morgan fingerprint density at radius 3 is 2.62 bits per heavy atom. The first kappa shape index (κ1) is 15.3. The van der Waals surface area contributed by atoms with Gasteiger partial charge in [-0.2, -0.15) is 0 Å². The van der Waals surface area contributed by atoms with Crippen molar-refractivity contribution in [3.05, 3.63) is 41.2 Å². The van der Waals surface area contributed by atoms with E-state index in [0.717, 1.165) is 10.8 Å². The summed E-state index contributed by atoms with van der Waals surface area (Å²) in [5.74, 6) is -2.10. The Morgan fingerprint density at radius 1 is 1.29 bits per heavy atom. The Balaban J connectivity index is 2.26. The van der Waals surface area contributed by atoms with Crippen LogP contribution in [0.15, 0.2) is 30.3 Å². The zero-order chi connectivity index (χ0) is 15.6. The molecule has 1 amide bonds. The van der Waals surface area contributed by atoms with Crippen molar-refractivity contribution in [2.75, 3.05) is 0 Å². The molecule has 0 bridgehead atoms. The number of carboxylic acid groups (broad SMARTS) is 1. The van der Waals surface area contributed by atoms with Crippen molar-refractivity contribution in [1.29, 1.82) is 0 Å². The molecule has 2 atom stereocenters. The number of halogens is 1. The smallest absolute Gasteiger partial charge is 0.308 e. The van der Waals surface area contributed by atoms with E-state index in [-0.39, 0.29) is 10.8 Å². The highest BCUT2D eigenvalue weighted by molar-refractivity contribution is 6.34. The van der Waals surface area contributed by atoms with Gasteiger partial charge in [-0.05, 0) is 25.3 Å². The van der Waals surface area contributed by atoms with Crippen LogP contribution in [0.25, 0.3) is 10.8 Å². The highest BCUT2D eigenvalue weighted by atomic mass is 35.5. The van der Waals surface area contributed by atoms with Gasteiger partial charge < -0.3 is 10.4 Å². The van der Waals surface area contributed by atoms with E-state index in [9.17, 15) is 9.59 Å². The third-order valence-electron chi connectivity index (χ3n) is 3.42. The normalized spacial score (nSPS) is 13.7. The Morgan fingerprint density at radius 2 is 1.95 bits per heavy atom. The van der Waals surface area contributed by atoms with Gasteiger partial charge >= 0.3 is 5.97 Å². The standard InChI is InChI=1S/C15H15ClN2O3/c1-8(15(20)21)9(2)17-14(19)12-7-10-5-3-4-6-11(10)13(16)18-12/h3-9H,1-2H3,(H,17,19)(H,20,21). The number of aliphatic carboxylic acids is 1. The number of hydrogen-bond donors (Lipinski definition) is 2. The van der Waals surface area contributed by atoms with E-state index in [2.05, 4.69) is 10.3 Å². The van der Waals surface area contributed by atoms with E-state index in [1.54, 1.807) is 13.0 Å². The summed E-state index contributed by atoms with van der Waals surface area (Å²) >= 11 is 6.07. The van der Waals surface area contributed by atoms with Crippen molar-refractivity contribution in [2.45, 2.75) is 19.9 Å². The number of aromatic nitrogens is 1.